The highest BCUT2D eigenvalue weighted by Gasteiger charge is 2.14. The Kier molecular flexibility index (Phi) is 39.5. The van der Waals surface area contributed by atoms with Crippen molar-refractivity contribution < 1.29 is 0 Å². The Labute approximate surface area is 392 Å². The molecule has 0 spiro atoms. The molecule has 4 N–H and O–H groups in total. The smallest absolute Gasteiger partial charge is 0.0214 e. The van der Waals surface area contributed by atoms with Crippen molar-refractivity contribution in [2.75, 3.05) is 52.4 Å². The summed E-state index contributed by atoms with van der Waals surface area (Å²) in [7, 11) is 0. The highest BCUT2D eigenvalue weighted by Crippen LogP contribution is 2.25. The maximum absolute atomic E-state index is 3.74. The molecule has 0 aliphatic rings. The summed E-state index contributed by atoms with van der Waals surface area (Å²) in [6.45, 7) is 8.96. The van der Waals surface area contributed by atoms with Gasteiger partial charge in [0.1, 0.15) is 0 Å². The van der Waals surface area contributed by atoms with Gasteiger partial charge in [0.25, 0.3) is 0 Å². The fraction of sp³-hybridized carbons (Fsp3) is 0.538. The molecule has 4 aromatic rings. The van der Waals surface area contributed by atoms with Gasteiger partial charge in [-0.15, -0.1) is 49.6 Å². The third kappa shape index (κ3) is 27.0. The van der Waals surface area contributed by atoms with Gasteiger partial charge in [-0.05, 0) is 100 Å². The minimum absolute atomic E-state index is 0. The van der Waals surface area contributed by atoms with Crippen LogP contribution in [0.5, 0.6) is 0 Å². The zero-order chi connectivity index (χ0) is 38.8. The number of halogens is 4. The lowest BCUT2D eigenvalue weighted by atomic mass is 9.91. The first-order valence-corrected chi connectivity index (χ1v) is 22.9. The van der Waals surface area contributed by atoms with E-state index in [0.29, 0.717) is 11.8 Å². The summed E-state index contributed by atoms with van der Waals surface area (Å²) in [4.78, 5) is 0. The van der Waals surface area contributed by atoms with Crippen molar-refractivity contribution in [2.45, 2.75) is 127 Å². The third-order valence-electron chi connectivity index (χ3n) is 11.4. The maximum atomic E-state index is 3.74. The number of unbranched alkanes of at least 4 members (excludes halogenated alkanes) is 15. The van der Waals surface area contributed by atoms with Crippen LogP contribution >= 0.6 is 49.6 Å². The average Bonchev–Trinajstić information content (AvgIpc) is 3.25. The molecule has 4 nitrogen and oxygen atoms in total. The van der Waals surface area contributed by atoms with Crippen LogP contribution in [-0.4, -0.2) is 52.4 Å². The molecular formula is C52H82Cl4N4. The second-order valence-corrected chi connectivity index (χ2v) is 16.0. The molecule has 4 rings (SSSR count). The molecule has 338 valence electrons. The van der Waals surface area contributed by atoms with Gasteiger partial charge in [0.15, 0.2) is 0 Å². The molecule has 0 bridgehead atoms. The van der Waals surface area contributed by atoms with Gasteiger partial charge in [-0.1, -0.05) is 198 Å². The number of benzene rings is 4. The van der Waals surface area contributed by atoms with E-state index in [2.05, 4.69) is 143 Å². The fourth-order valence-electron chi connectivity index (χ4n) is 7.96. The molecule has 0 amide bonds. The van der Waals surface area contributed by atoms with Crippen LogP contribution in [0, 0.1) is 0 Å². The Morgan fingerprint density at radius 3 is 0.633 bits per heavy atom. The van der Waals surface area contributed by atoms with Crippen molar-refractivity contribution in [3.63, 3.8) is 0 Å². The van der Waals surface area contributed by atoms with E-state index in [1.165, 1.54) is 164 Å². The Morgan fingerprint density at radius 2 is 0.417 bits per heavy atom. The van der Waals surface area contributed by atoms with Crippen molar-refractivity contribution >= 4 is 49.6 Å². The van der Waals surface area contributed by atoms with E-state index in [9.17, 15) is 0 Å². The molecular weight excluding hydrogens is 822 g/mol. The predicted molar refractivity (Wildman–Crippen MR) is 273 cm³/mol. The summed E-state index contributed by atoms with van der Waals surface area (Å²) in [6, 6.07) is 43.7. The summed E-state index contributed by atoms with van der Waals surface area (Å²) in [5.74, 6) is 0.836. The second kappa shape index (κ2) is 40.9. The molecule has 0 saturated heterocycles. The number of hydrogen-bond acceptors (Lipinski definition) is 4. The fourth-order valence-corrected chi connectivity index (χ4v) is 7.96. The lowest BCUT2D eigenvalue weighted by Gasteiger charge is -2.19. The van der Waals surface area contributed by atoms with Crippen LogP contribution in [0.1, 0.15) is 150 Å². The van der Waals surface area contributed by atoms with E-state index in [0.717, 1.165) is 26.2 Å². The zero-order valence-corrected chi connectivity index (χ0v) is 40.0. The highest BCUT2D eigenvalue weighted by atomic mass is 35.5. The monoisotopic (exact) mass is 903 g/mol. The normalized spacial score (nSPS) is 10.8. The Bertz CT molecular complexity index is 1250. The van der Waals surface area contributed by atoms with E-state index in [1.54, 1.807) is 0 Å². The van der Waals surface area contributed by atoms with Crippen molar-refractivity contribution in [3.05, 3.63) is 144 Å². The molecule has 0 fully saturated rings. The Morgan fingerprint density at radius 1 is 0.233 bits per heavy atom. The average molecular weight is 905 g/mol. The van der Waals surface area contributed by atoms with Crippen molar-refractivity contribution in [1.82, 2.24) is 21.3 Å². The molecule has 0 aliphatic heterocycles. The molecule has 60 heavy (non-hydrogen) atoms. The number of nitrogens with one attached hydrogen (secondary N) is 4. The van der Waals surface area contributed by atoms with Gasteiger partial charge < -0.3 is 21.3 Å². The first-order valence-electron chi connectivity index (χ1n) is 22.9. The van der Waals surface area contributed by atoms with Gasteiger partial charge >= 0.3 is 0 Å². The summed E-state index contributed by atoms with van der Waals surface area (Å²) in [5, 5.41) is 14.9. The van der Waals surface area contributed by atoms with Crippen LogP contribution < -0.4 is 21.3 Å². The molecule has 0 saturated carbocycles. The minimum atomic E-state index is 0. The Hall–Kier alpha value is -2.12. The van der Waals surface area contributed by atoms with Crippen LogP contribution in [-0.2, 0) is 0 Å². The highest BCUT2D eigenvalue weighted by molar-refractivity contribution is 5.86. The standard InChI is InChI=1S/C52H78N4.4ClH/c1(3-5-7-25-39-53-41-27-9-11-29-43-55-45-51(47-31-17-13-18-32-47)48-33-19-14-20-34-48)2-4-6-8-26-40-54-42-28-10-12-30-44-56-46-52(49-35-21-15-22-36-49)50-37-23-16-24-38-50;;;;/h13-24,31-38,51-56H,1-12,25-30,39-46H2;4*1H. The summed E-state index contributed by atoms with van der Waals surface area (Å²) in [5.41, 5.74) is 5.58. The molecule has 0 heterocycles. The van der Waals surface area contributed by atoms with Gasteiger partial charge in [0.2, 0.25) is 0 Å². The van der Waals surface area contributed by atoms with E-state index in [-0.39, 0.29) is 49.6 Å². The molecule has 0 aliphatic carbocycles. The van der Waals surface area contributed by atoms with Crippen LogP contribution in [0.2, 0.25) is 0 Å². The van der Waals surface area contributed by atoms with E-state index >= 15 is 0 Å². The van der Waals surface area contributed by atoms with Crippen LogP contribution in [0.15, 0.2) is 121 Å². The number of rotatable bonds is 35. The molecule has 8 heteroatoms. The molecule has 0 unspecified atom stereocenters. The minimum Gasteiger partial charge on any atom is -0.317 e. The Balaban J connectivity index is 0.00000870. The van der Waals surface area contributed by atoms with E-state index in [1.807, 2.05) is 0 Å². The lowest BCUT2D eigenvalue weighted by Crippen LogP contribution is -2.23. The third-order valence-corrected chi connectivity index (χ3v) is 11.4. The predicted octanol–water partition coefficient (Wildman–Crippen LogP) is 13.7. The van der Waals surface area contributed by atoms with Gasteiger partial charge in [0, 0.05) is 24.9 Å². The van der Waals surface area contributed by atoms with Gasteiger partial charge in [0.05, 0.1) is 0 Å². The van der Waals surface area contributed by atoms with Crippen molar-refractivity contribution in [3.8, 4) is 0 Å². The maximum Gasteiger partial charge on any atom is 0.0214 e. The zero-order valence-electron chi connectivity index (χ0n) is 36.7. The summed E-state index contributed by atoms with van der Waals surface area (Å²) >= 11 is 0. The largest absolute Gasteiger partial charge is 0.317 e. The topological polar surface area (TPSA) is 48.1 Å². The first-order chi connectivity index (χ1) is 27.9. The van der Waals surface area contributed by atoms with E-state index < -0.39 is 0 Å². The van der Waals surface area contributed by atoms with Crippen LogP contribution in [0.4, 0.5) is 0 Å². The SMILES string of the molecule is Cl.Cl.Cl.Cl.c1ccc(C(CNCCCCCCNCCCCCCCCCCCCNCCCCCCNCC(c2ccccc2)c2ccccc2)c2ccccc2)cc1. The molecule has 0 radical (unpaired) electrons. The molecule has 4 aromatic carbocycles. The summed E-state index contributed by atoms with van der Waals surface area (Å²) in [6.07, 6.45) is 24.4. The lowest BCUT2D eigenvalue weighted by molar-refractivity contribution is 0.520. The molecule has 0 atom stereocenters. The van der Waals surface area contributed by atoms with Gasteiger partial charge in [-0.3, -0.25) is 0 Å². The van der Waals surface area contributed by atoms with Gasteiger partial charge in [-0.25, -0.2) is 0 Å². The van der Waals surface area contributed by atoms with E-state index in [4.69, 9.17) is 0 Å². The quantitative estimate of drug-likeness (QED) is 0.0348. The second-order valence-electron chi connectivity index (χ2n) is 16.0. The van der Waals surface area contributed by atoms with Crippen LogP contribution in [0.3, 0.4) is 0 Å². The van der Waals surface area contributed by atoms with Crippen LogP contribution in [0.25, 0.3) is 0 Å². The first kappa shape index (κ1) is 57.9. The van der Waals surface area contributed by atoms with Crippen molar-refractivity contribution in [1.29, 1.82) is 0 Å². The van der Waals surface area contributed by atoms with Crippen molar-refractivity contribution in [2.24, 2.45) is 0 Å². The molecule has 0 aromatic heterocycles. The number of hydrogen-bond donors (Lipinski definition) is 4. The summed E-state index contributed by atoms with van der Waals surface area (Å²) < 4.78 is 0. The van der Waals surface area contributed by atoms with Gasteiger partial charge in [-0.2, -0.15) is 0 Å².